The Morgan fingerprint density at radius 2 is 1.91 bits per heavy atom. The van der Waals surface area contributed by atoms with Crippen LogP contribution < -0.4 is 10.2 Å². The summed E-state index contributed by atoms with van der Waals surface area (Å²) in [7, 11) is 0. The number of nitrogens with zero attached hydrogens (tertiary/aromatic N) is 3. The van der Waals surface area contributed by atoms with Crippen LogP contribution in [0.15, 0.2) is 35.0 Å². The maximum Gasteiger partial charge on any atom is 0.324 e. The first-order valence-electron chi connectivity index (χ1n) is 7.43. The second-order valence-electron chi connectivity index (χ2n) is 5.50. The van der Waals surface area contributed by atoms with Gasteiger partial charge in [-0.3, -0.25) is 5.32 Å². The Morgan fingerprint density at radius 1 is 1.17 bits per heavy atom. The fourth-order valence-electron chi connectivity index (χ4n) is 2.69. The molecule has 23 heavy (non-hydrogen) atoms. The van der Waals surface area contributed by atoms with Crippen molar-refractivity contribution in [2.75, 3.05) is 36.4 Å². The van der Waals surface area contributed by atoms with E-state index in [1.165, 1.54) is 23.0 Å². The Kier molecular flexibility index (Phi) is 5.50. The van der Waals surface area contributed by atoms with E-state index in [2.05, 4.69) is 47.4 Å². The average Bonchev–Trinajstić information content (AvgIpc) is 3.03. The Bertz CT molecular complexity index is 652. The number of amides is 2. The number of carbonyl (C=O) groups excluding carboxylic acids is 1. The van der Waals surface area contributed by atoms with E-state index < -0.39 is 0 Å². The van der Waals surface area contributed by atoms with Crippen LogP contribution in [-0.2, 0) is 0 Å². The first-order chi connectivity index (χ1) is 10.6. The van der Waals surface area contributed by atoms with E-state index in [1.807, 2.05) is 0 Å². The van der Waals surface area contributed by atoms with Crippen LogP contribution in [0, 0.1) is 13.8 Å². The molecule has 124 valence electrons. The largest absolute Gasteiger partial charge is 0.368 e. The first-order valence-corrected chi connectivity index (χ1v) is 7.43. The van der Waals surface area contributed by atoms with Gasteiger partial charge >= 0.3 is 6.03 Å². The Morgan fingerprint density at radius 3 is 2.57 bits per heavy atom. The SMILES string of the molecule is Cc1cccc(N2CCN(C(=O)Nc3ccno3)CC2)c1C.Cl. The molecule has 2 heterocycles. The molecule has 0 radical (unpaired) electrons. The molecular weight excluding hydrogens is 316 g/mol. The van der Waals surface area contributed by atoms with E-state index in [0.29, 0.717) is 19.0 Å². The Labute approximate surface area is 141 Å². The molecule has 1 fully saturated rings. The lowest BCUT2D eigenvalue weighted by atomic mass is 10.1. The lowest BCUT2D eigenvalue weighted by Gasteiger charge is -2.36. The molecule has 1 N–H and O–H groups in total. The third-order valence-corrected chi connectivity index (χ3v) is 4.15. The number of piperazine rings is 1. The molecule has 0 saturated carbocycles. The monoisotopic (exact) mass is 336 g/mol. The summed E-state index contributed by atoms with van der Waals surface area (Å²) in [4.78, 5) is 16.3. The van der Waals surface area contributed by atoms with Crippen LogP contribution in [0.4, 0.5) is 16.4 Å². The number of benzene rings is 1. The van der Waals surface area contributed by atoms with Crippen molar-refractivity contribution in [3.63, 3.8) is 0 Å². The number of rotatable bonds is 2. The zero-order valence-electron chi connectivity index (χ0n) is 13.3. The van der Waals surface area contributed by atoms with Gasteiger partial charge in [0.15, 0.2) is 0 Å². The van der Waals surface area contributed by atoms with Crippen molar-refractivity contribution in [1.82, 2.24) is 10.1 Å². The van der Waals surface area contributed by atoms with E-state index >= 15 is 0 Å². The van der Waals surface area contributed by atoms with Gasteiger partial charge in [0.1, 0.15) is 0 Å². The molecule has 1 aliphatic rings. The third-order valence-electron chi connectivity index (χ3n) is 4.15. The smallest absolute Gasteiger partial charge is 0.324 e. The van der Waals surface area contributed by atoms with Crippen molar-refractivity contribution in [2.45, 2.75) is 13.8 Å². The van der Waals surface area contributed by atoms with Crippen molar-refractivity contribution in [1.29, 1.82) is 0 Å². The van der Waals surface area contributed by atoms with Gasteiger partial charge in [0.25, 0.3) is 0 Å². The van der Waals surface area contributed by atoms with Gasteiger partial charge in [-0.05, 0) is 31.0 Å². The fraction of sp³-hybridized carbons (Fsp3) is 0.375. The number of aryl methyl sites for hydroxylation is 1. The van der Waals surface area contributed by atoms with Crippen LogP contribution in [-0.4, -0.2) is 42.3 Å². The quantitative estimate of drug-likeness (QED) is 0.915. The van der Waals surface area contributed by atoms with Crippen molar-refractivity contribution in [3.8, 4) is 0 Å². The molecule has 1 aromatic carbocycles. The van der Waals surface area contributed by atoms with Crippen molar-refractivity contribution < 1.29 is 9.32 Å². The molecule has 0 aliphatic carbocycles. The highest BCUT2D eigenvalue weighted by Gasteiger charge is 2.22. The lowest BCUT2D eigenvalue weighted by molar-refractivity contribution is 0.207. The summed E-state index contributed by atoms with van der Waals surface area (Å²) >= 11 is 0. The Hall–Kier alpha value is -2.21. The summed E-state index contributed by atoms with van der Waals surface area (Å²) in [6.45, 7) is 7.30. The summed E-state index contributed by atoms with van der Waals surface area (Å²) in [5.74, 6) is 0.377. The molecule has 6 nitrogen and oxygen atoms in total. The predicted molar refractivity (Wildman–Crippen MR) is 92.5 cm³/mol. The van der Waals surface area contributed by atoms with E-state index in [4.69, 9.17) is 4.52 Å². The van der Waals surface area contributed by atoms with Gasteiger partial charge in [0.05, 0.1) is 6.20 Å². The maximum atomic E-state index is 12.1. The van der Waals surface area contributed by atoms with Crippen molar-refractivity contribution in [2.24, 2.45) is 0 Å². The van der Waals surface area contributed by atoms with Crippen LogP contribution in [0.1, 0.15) is 11.1 Å². The van der Waals surface area contributed by atoms with Gasteiger partial charge in [-0.25, -0.2) is 4.79 Å². The van der Waals surface area contributed by atoms with E-state index in [0.717, 1.165) is 13.1 Å². The molecule has 2 amide bonds. The van der Waals surface area contributed by atoms with Crippen LogP contribution in [0.25, 0.3) is 0 Å². The number of halogens is 1. The third kappa shape index (κ3) is 3.76. The van der Waals surface area contributed by atoms with Crippen LogP contribution in [0.2, 0.25) is 0 Å². The molecule has 0 spiro atoms. The second kappa shape index (κ2) is 7.37. The van der Waals surface area contributed by atoms with Gasteiger partial charge in [-0.1, -0.05) is 17.3 Å². The minimum absolute atomic E-state index is 0. The summed E-state index contributed by atoms with van der Waals surface area (Å²) in [6, 6.07) is 7.84. The Balaban J connectivity index is 0.00000192. The van der Waals surface area contributed by atoms with Crippen LogP contribution in [0.5, 0.6) is 0 Å². The molecule has 0 bridgehead atoms. The maximum absolute atomic E-state index is 12.1. The number of aromatic nitrogens is 1. The van der Waals surface area contributed by atoms with Crippen LogP contribution in [0.3, 0.4) is 0 Å². The number of hydrogen-bond donors (Lipinski definition) is 1. The highest BCUT2D eigenvalue weighted by Crippen LogP contribution is 2.24. The van der Waals surface area contributed by atoms with Gasteiger partial charge < -0.3 is 14.3 Å². The van der Waals surface area contributed by atoms with Gasteiger partial charge in [0.2, 0.25) is 5.88 Å². The molecule has 0 unspecified atom stereocenters. The molecule has 0 atom stereocenters. The first kappa shape index (κ1) is 17.1. The highest BCUT2D eigenvalue weighted by atomic mass is 35.5. The molecular formula is C16H21ClN4O2. The molecule has 1 aromatic heterocycles. The molecule has 3 rings (SSSR count). The molecule has 7 heteroatoms. The van der Waals surface area contributed by atoms with E-state index in [9.17, 15) is 4.79 Å². The van der Waals surface area contributed by atoms with E-state index in [-0.39, 0.29) is 18.4 Å². The molecule has 1 aliphatic heterocycles. The van der Waals surface area contributed by atoms with Gasteiger partial charge in [-0.2, -0.15) is 0 Å². The number of hydrogen-bond acceptors (Lipinski definition) is 4. The zero-order chi connectivity index (χ0) is 15.5. The summed E-state index contributed by atoms with van der Waals surface area (Å²) in [5, 5.41) is 6.28. The molecule has 1 saturated heterocycles. The predicted octanol–water partition coefficient (Wildman–Crippen LogP) is 3.07. The van der Waals surface area contributed by atoms with Gasteiger partial charge in [0, 0.05) is 37.9 Å². The zero-order valence-corrected chi connectivity index (χ0v) is 14.1. The highest BCUT2D eigenvalue weighted by molar-refractivity contribution is 5.88. The van der Waals surface area contributed by atoms with Crippen molar-refractivity contribution >= 4 is 30.0 Å². The summed E-state index contributed by atoms with van der Waals surface area (Å²) < 4.78 is 4.90. The fourth-order valence-corrected chi connectivity index (χ4v) is 2.69. The van der Waals surface area contributed by atoms with Crippen LogP contribution >= 0.6 is 12.4 Å². The van der Waals surface area contributed by atoms with Gasteiger partial charge in [-0.15, -0.1) is 12.4 Å². The molecule has 2 aromatic rings. The number of urea groups is 1. The minimum Gasteiger partial charge on any atom is -0.368 e. The summed E-state index contributed by atoms with van der Waals surface area (Å²) in [5.41, 5.74) is 3.86. The van der Waals surface area contributed by atoms with Crippen molar-refractivity contribution in [3.05, 3.63) is 41.6 Å². The number of anilines is 2. The average molecular weight is 337 g/mol. The number of carbonyl (C=O) groups is 1. The topological polar surface area (TPSA) is 61.6 Å². The van der Waals surface area contributed by atoms with E-state index in [1.54, 1.807) is 11.0 Å². The lowest BCUT2D eigenvalue weighted by Crippen LogP contribution is -2.50. The normalized spacial score (nSPS) is 14.3. The second-order valence-corrected chi connectivity index (χ2v) is 5.50. The standard InChI is InChI=1S/C16H20N4O2.ClH/c1-12-4-3-5-14(13(12)2)19-8-10-20(11-9-19)16(21)18-15-6-7-17-22-15;/h3-7H,8-11H2,1-2H3,(H,18,21);1H. The minimum atomic E-state index is -0.141. The summed E-state index contributed by atoms with van der Waals surface area (Å²) in [6.07, 6.45) is 1.51. The number of nitrogens with one attached hydrogen (secondary N) is 1.